The molecular weight excluding hydrogens is 494 g/mol. The summed E-state index contributed by atoms with van der Waals surface area (Å²) in [6.45, 7) is 0.648. The lowest BCUT2D eigenvalue weighted by atomic mass is 10.2. The van der Waals surface area contributed by atoms with Crippen LogP contribution in [0.5, 0.6) is 0 Å². The van der Waals surface area contributed by atoms with Gasteiger partial charge in [-0.2, -0.15) is 21.1 Å². The largest absolute Gasteiger partial charge is 0.465 e. The molecule has 8 nitrogen and oxygen atoms in total. The fourth-order valence-electron chi connectivity index (χ4n) is 3.52. The lowest BCUT2D eigenvalue weighted by molar-refractivity contribution is 0.0600. The van der Waals surface area contributed by atoms with Crippen molar-refractivity contribution in [3.05, 3.63) is 58.4 Å². The van der Waals surface area contributed by atoms with Gasteiger partial charge in [-0.1, -0.05) is 11.3 Å². The number of rotatable bonds is 8. The third-order valence-electron chi connectivity index (χ3n) is 5.66. The van der Waals surface area contributed by atoms with E-state index in [2.05, 4.69) is 4.99 Å². The Labute approximate surface area is 206 Å². The van der Waals surface area contributed by atoms with E-state index in [-0.39, 0.29) is 10.9 Å². The number of carbonyl (C=O) groups is 2. The van der Waals surface area contributed by atoms with E-state index in [0.29, 0.717) is 22.5 Å². The van der Waals surface area contributed by atoms with Crippen LogP contribution in [0.15, 0.2) is 52.4 Å². The Bertz CT molecular complexity index is 1400. The minimum atomic E-state index is -3.58. The van der Waals surface area contributed by atoms with Crippen molar-refractivity contribution in [1.82, 2.24) is 8.87 Å². The zero-order valence-electron chi connectivity index (χ0n) is 19.1. The number of ether oxygens (including phenoxy) is 1. The molecule has 4 rings (SSSR count). The monoisotopic (exact) mass is 519 g/mol. The molecule has 1 aromatic heterocycles. The number of aryl methyl sites for hydroxylation is 1. The number of carbonyl (C=O) groups excluding carboxylic acids is 2. The van der Waals surface area contributed by atoms with Gasteiger partial charge in [-0.15, -0.1) is 0 Å². The Kier molecular flexibility index (Phi) is 7.27. The molecule has 1 saturated carbocycles. The Morgan fingerprint density at radius 2 is 1.85 bits per heavy atom. The molecule has 0 saturated heterocycles. The van der Waals surface area contributed by atoms with Gasteiger partial charge in [0.05, 0.1) is 27.8 Å². The molecule has 0 bridgehead atoms. The van der Waals surface area contributed by atoms with Crippen molar-refractivity contribution in [2.75, 3.05) is 26.2 Å². The summed E-state index contributed by atoms with van der Waals surface area (Å²) in [7, 11) is -0.658. The SMILES string of the molecule is COC(=O)c1ccc2c(c1)sc(=NC(=O)c1ccc(S(=O)(=O)N(C)C3CC3)cc1)n2CCSC. The summed E-state index contributed by atoms with van der Waals surface area (Å²) in [5, 5.41) is 0. The Balaban J connectivity index is 1.68. The average Bonchev–Trinajstić information content (AvgIpc) is 3.64. The fraction of sp³-hybridized carbons (Fsp3) is 0.348. The van der Waals surface area contributed by atoms with E-state index in [9.17, 15) is 18.0 Å². The second-order valence-corrected chi connectivity index (χ2v) is 11.9. The molecular formula is C23H25N3O5S3. The number of fused-ring (bicyclic) bond motifs is 1. The maximum atomic E-state index is 12.9. The summed E-state index contributed by atoms with van der Waals surface area (Å²) in [5.41, 5.74) is 1.61. The van der Waals surface area contributed by atoms with Crippen LogP contribution in [0.3, 0.4) is 0 Å². The summed E-state index contributed by atoms with van der Waals surface area (Å²) < 4.78 is 34.4. The second kappa shape index (κ2) is 10.0. The molecule has 0 aliphatic heterocycles. The molecule has 3 aromatic rings. The third-order valence-corrected chi connectivity index (χ3v) is 9.22. The van der Waals surface area contributed by atoms with Gasteiger partial charge in [-0.3, -0.25) is 4.79 Å². The predicted octanol–water partition coefficient (Wildman–Crippen LogP) is 3.38. The summed E-state index contributed by atoms with van der Waals surface area (Å²) >= 11 is 3.00. The molecule has 0 radical (unpaired) electrons. The molecule has 34 heavy (non-hydrogen) atoms. The summed E-state index contributed by atoms with van der Waals surface area (Å²) in [6, 6.07) is 11.2. The van der Waals surface area contributed by atoms with Gasteiger partial charge in [-0.05, 0) is 61.6 Å². The average molecular weight is 520 g/mol. The molecule has 1 aliphatic carbocycles. The number of hydrogen-bond acceptors (Lipinski definition) is 7. The van der Waals surface area contributed by atoms with Gasteiger partial charge >= 0.3 is 5.97 Å². The molecule has 2 aromatic carbocycles. The lowest BCUT2D eigenvalue weighted by Crippen LogP contribution is -2.28. The standard InChI is InChI=1S/C23H25N3O5S3/c1-25(17-7-8-17)34(29,30)18-9-4-15(5-10-18)21(27)24-23-26(12-13-32-3)19-11-6-16(22(28)31-2)14-20(19)33-23/h4-6,9-11,14,17H,7-8,12-13H2,1-3H3. The minimum absolute atomic E-state index is 0.0608. The van der Waals surface area contributed by atoms with Gasteiger partial charge in [0.15, 0.2) is 4.80 Å². The van der Waals surface area contributed by atoms with Crippen molar-refractivity contribution in [2.24, 2.45) is 4.99 Å². The summed E-state index contributed by atoms with van der Waals surface area (Å²) in [5.74, 6) is -0.0624. The van der Waals surface area contributed by atoms with Crippen molar-refractivity contribution in [3.8, 4) is 0 Å². The zero-order chi connectivity index (χ0) is 24.5. The van der Waals surface area contributed by atoms with Gasteiger partial charge in [-0.25, -0.2) is 13.2 Å². The van der Waals surface area contributed by atoms with Crippen molar-refractivity contribution < 1.29 is 22.7 Å². The van der Waals surface area contributed by atoms with E-state index < -0.39 is 21.9 Å². The highest BCUT2D eigenvalue weighted by atomic mass is 32.2. The molecule has 180 valence electrons. The number of benzene rings is 2. The quantitative estimate of drug-likeness (QED) is 0.423. The van der Waals surface area contributed by atoms with Crippen molar-refractivity contribution in [3.63, 3.8) is 0 Å². The van der Waals surface area contributed by atoms with Gasteiger partial charge < -0.3 is 9.30 Å². The van der Waals surface area contributed by atoms with E-state index in [1.165, 1.54) is 47.0 Å². The number of aromatic nitrogens is 1. The molecule has 0 unspecified atom stereocenters. The van der Waals surface area contributed by atoms with Crippen molar-refractivity contribution in [1.29, 1.82) is 0 Å². The highest BCUT2D eigenvalue weighted by Crippen LogP contribution is 2.30. The van der Waals surface area contributed by atoms with E-state index in [1.807, 2.05) is 16.9 Å². The number of methoxy groups -OCH3 is 1. The smallest absolute Gasteiger partial charge is 0.337 e. The number of amides is 1. The first-order chi connectivity index (χ1) is 16.3. The maximum Gasteiger partial charge on any atom is 0.337 e. The first-order valence-electron chi connectivity index (χ1n) is 10.6. The predicted molar refractivity (Wildman–Crippen MR) is 134 cm³/mol. The van der Waals surface area contributed by atoms with Gasteiger partial charge in [0, 0.05) is 31.0 Å². The van der Waals surface area contributed by atoms with Crippen LogP contribution in [0.25, 0.3) is 10.2 Å². The van der Waals surface area contributed by atoms with Gasteiger partial charge in [0.25, 0.3) is 5.91 Å². The number of esters is 1. The Hall–Kier alpha value is -2.47. The second-order valence-electron chi connectivity index (χ2n) is 7.90. The lowest BCUT2D eigenvalue weighted by Gasteiger charge is -2.16. The molecule has 0 N–H and O–H groups in total. The third kappa shape index (κ3) is 4.97. The van der Waals surface area contributed by atoms with Crippen molar-refractivity contribution in [2.45, 2.75) is 30.3 Å². The van der Waals surface area contributed by atoms with Crippen LogP contribution in [-0.2, 0) is 21.3 Å². The van der Waals surface area contributed by atoms with E-state index in [1.54, 1.807) is 30.9 Å². The van der Waals surface area contributed by atoms with E-state index >= 15 is 0 Å². The highest BCUT2D eigenvalue weighted by molar-refractivity contribution is 7.98. The first-order valence-corrected chi connectivity index (χ1v) is 14.3. The molecule has 1 amide bonds. The number of thiazole rings is 1. The maximum absolute atomic E-state index is 12.9. The highest BCUT2D eigenvalue weighted by Gasteiger charge is 2.35. The van der Waals surface area contributed by atoms with Crippen LogP contribution in [0.2, 0.25) is 0 Å². The molecule has 1 aliphatic rings. The van der Waals surface area contributed by atoms with Gasteiger partial charge in [0.1, 0.15) is 0 Å². The van der Waals surface area contributed by atoms with Crippen LogP contribution in [0, 0.1) is 0 Å². The van der Waals surface area contributed by atoms with Crippen LogP contribution in [0.1, 0.15) is 33.6 Å². The van der Waals surface area contributed by atoms with Gasteiger partial charge in [0.2, 0.25) is 10.0 Å². The Morgan fingerprint density at radius 1 is 1.18 bits per heavy atom. The van der Waals surface area contributed by atoms with Crippen molar-refractivity contribution >= 4 is 55.2 Å². The Morgan fingerprint density at radius 3 is 2.47 bits per heavy atom. The number of thioether (sulfide) groups is 1. The minimum Gasteiger partial charge on any atom is -0.465 e. The molecule has 0 atom stereocenters. The summed E-state index contributed by atoms with van der Waals surface area (Å²) in [6.07, 6.45) is 3.75. The number of nitrogens with zero attached hydrogens (tertiary/aromatic N) is 3. The molecule has 11 heteroatoms. The van der Waals surface area contributed by atoms with Crippen LogP contribution in [-0.4, -0.2) is 61.4 Å². The molecule has 1 heterocycles. The number of sulfonamides is 1. The van der Waals surface area contributed by atoms with Crippen LogP contribution < -0.4 is 4.80 Å². The summed E-state index contributed by atoms with van der Waals surface area (Å²) in [4.78, 5) is 29.9. The van der Waals surface area contributed by atoms with Crippen LogP contribution in [0.4, 0.5) is 0 Å². The van der Waals surface area contributed by atoms with Crippen LogP contribution >= 0.6 is 23.1 Å². The fourth-order valence-corrected chi connectivity index (χ4v) is 6.40. The molecule has 0 spiro atoms. The normalized spacial score (nSPS) is 14.6. The number of hydrogen-bond donors (Lipinski definition) is 0. The molecule has 1 fully saturated rings. The topological polar surface area (TPSA) is 98.0 Å². The van der Waals surface area contributed by atoms with E-state index in [4.69, 9.17) is 4.74 Å². The van der Waals surface area contributed by atoms with E-state index in [0.717, 1.165) is 28.8 Å². The zero-order valence-corrected chi connectivity index (χ0v) is 21.5. The first kappa shape index (κ1) is 24.6.